The zero-order valence-electron chi connectivity index (χ0n) is 15.0. The number of amides is 1. The van der Waals surface area contributed by atoms with E-state index >= 15 is 0 Å². The van der Waals surface area contributed by atoms with Crippen LogP contribution in [0.2, 0.25) is 0 Å². The van der Waals surface area contributed by atoms with Crippen molar-refractivity contribution in [2.45, 2.75) is 58.6 Å². The van der Waals surface area contributed by atoms with Gasteiger partial charge in [-0.2, -0.15) is 0 Å². The molecule has 5 nitrogen and oxygen atoms in total. The van der Waals surface area contributed by atoms with E-state index in [1.165, 1.54) is 5.56 Å². The van der Waals surface area contributed by atoms with Crippen LogP contribution in [0.15, 0.2) is 36.4 Å². The number of aliphatic hydroxyl groups is 1. The summed E-state index contributed by atoms with van der Waals surface area (Å²) in [6, 6.07) is 7.85. The number of ether oxygens (including phenoxy) is 1. The van der Waals surface area contributed by atoms with E-state index < -0.39 is 12.0 Å². The largest absolute Gasteiger partial charge is 0.356 e. The molecule has 1 amide bonds. The Kier molecular flexibility index (Phi) is 6.15. The standard InChI is InChI=1S/C19H28N2O3/c1-5-15(20-18(23)24-19(2,3)4)10-11-17(22)21-13-12-14-8-6-7-9-16(14)21/h6-11,15,18,20,23H,5,12-13H2,1-4H3/b11-10+/t15-,18?/m0/s1. The minimum atomic E-state index is -1.07. The van der Waals surface area contributed by atoms with E-state index in [9.17, 15) is 9.90 Å². The van der Waals surface area contributed by atoms with Crippen LogP contribution < -0.4 is 10.2 Å². The summed E-state index contributed by atoms with van der Waals surface area (Å²) in [7, 11) is 0. The second kappa shape index (κ2) is 7.92. The molecule has 2 rings (SSSR count). The van der Waals surface area contributed by atoms with Crippen LogP contribution in [0, 0.1) is 0 Å². The number of hydrogen-bond donors (Lipinski definition) is 2. The Morgan fingerprint density at radius 2 is 2.12 bits per heavy atom. The van der Waals surface area contributed by atoms with Crippen molar-refractivity contribution in [3.63, 3.8) is 0 Å². The summed E-state index contributed by atoms with van der Waals surface area (Å²) in [4.78, 5) is 14.3. The fourth-order valence-corrected chi connectivity index (χ4v) is 2.72. The molecule has 1 unspecified atom stereocenters. The Balaban J connectivity index is 1.95. The first-order valence-electron chi connectivity index (χ1n) is 8.49. The topological polar surface area (TPSA) is 61.8 Å². The number of nitrogens with zero attached hydrogens (tertiary/aromatic N) is 1. The number of hydrogen-bond acceptors (Lipinski definition) is 4. The molecule has 0 saturated heterocycles. The highest BCUT2D eigenvalue weighted by molar-refractivity contribution is 6.02. The van der Waals surface area contributed by atoms with Gasteiger partial charge in [-0.15, -0.1) is 0 Å². The van der Waals surface area contributed by atoms with Crippen molar-refractivity contribution < 1.29 is 14.6 Å². The summed E-state index contributed by atoms with van der Waals surface area (Å²) in [5.74, 6) is -0.0357. The molecule has 1 aromatic carbocycles. The van der Waals surface area contributed by atoms with Crippen LogP contribution in [-0.2, 0) is 16.0 Å². The van der Waals surface area contributed by atoms with E-state index in [1.54, 1.807) is 17.1 Å². The second-order valence-electron chi connectivity index (χ2n) is 6.99. The van der Waals surface area contributed by atoms with Gasteiger partial charge in [-0.25, -0.2) is 0 Å². The smallest absolute Gasteiger partial charge is 0.250 e. The molecule has 0 bridgehead atoms. The Hall–Kier alpha value is -1.69. The van der Waals surface area contributed by atoms with E-state index in [4.69, 9.17) is 4.74 Å². The maximum atomic E-state index is 12.5. The van der Waals surface area contributed by atoms with Crippen LogP contribution in [0.3, 0.4) is 0 Å². The molecule has 24 heavy (non-hydrogen) atoms. The number of benzene rings is 1. The van der Waals surface area contributed by atoms with Crippen LogP contribution in [0.1, 0.15) is 39.7 Å². The third-order valence-electron chi connectivity index (χ3n) is 3.89. The SMILES string of the molecule is CC[C@@H](/C=C/C(=O)N1CCc2ccccc21)NC(O)OC(C)(C)C. The van der Waals surface area contributed by atoms with Gasteiger partial charge in [0.2, 0.25) is 6.41 Å². The van der Waals surface area contributed by atoms with Crippen LogP contribution >= 0.6 is 0 Å². The predicted molar refractivity (Wildman–Crippen MR) is 95.7 cm³/mol. The lowest BCUT2D eigenvalue weighted by atomic mass is 10.2. The molecule has 0 spiro atoms. The molecule has 0 radical (unpaired) electrons. The molecule has 2 atom stereocenters. The minimum absolute atomic E-state index is 0.0357. The van der Waals surface area contributed by atoms with Crippen LogP contribution in [-0.4, -0.2) is 35.6 Å². The summed E-state index contributed by atoms with van der Waals surface area (Å²) in [5.41, 5.74) is 1.76. The van der Waals surface area contributed by atoms with Gasteiger partial charge in [0, 0.05) is 24.4 Å². The monoisotopic (exact) mass is 332 g/mol. The lowest BCUT2D eigenvalue weighted by molar-refractivity contribution is -0.184. The lowest BCUT2D eigenvalue weighted by Crippen LogP contribution is -2.42. The zero-order valence-corrected chi connectivity index (χ0v) is 15.0. The molecule has 0 fully saturated rings. The van der Waals surface area contributed by atoms with Gasteiger partial charge in [0.05, 0.1) is 5.60 Å². The zero-order chi connectivity index (χ0) is 17.7. The minimum Gasteiger partial charge on any atom is -0.356 e. The molecule has 0 saturated carbocycles. The number of nitrogens with one attached hydrogen (secondary N) is 1. The Bertz CT molecular complexity index is 593. The van der Waals surface area contributed by atoms with Crippen molar-refractivity contribution in [1.82, 2.24) is 5.32 Å². The van der Waals surface area contributed by atoms with Crippen LogP contribution in [0.25, 0.3) is 0 Å². The average molecular weight is 332 g/mol. The summed E-state index contributed by atoms with van der Waals surface area (Å²) in [6.07, 6.45) is 3.93. The van der Waals surface area contributed by atoms with Crippen molar-refractivity contribution in [1.29, 1.82) is 0 Å². The van der Waals surface area contributed by atoms with E-state index in [2.05, 4.69) is 11.4 Å². The predicted octanol–water partition coefficient (Wildman–Crippen LogP) is 2.59. The first-order valence-corrected chi connectivity index (χ1v) is 8.49. The number of aliphatic hydroxyl groups excluding tert-OH is 1. The molecule has 1 aliphatic heterocycles. The van der Waals surface area contributed by atoms with Crippen molar-refractivity contribution >= 4 is 11.6 Å². The number of para-hydroxylation sites is 1. The van der Waals surface area contributed by atoms with E-state index in [1.807, 2.05) is 45.9 Å². The fraction of sp³-hybridized carbons (Fsp3) is 0.526. The quantitative estimate of drug-likeness (QED) is 0.621. The molecule has 0 aromatic heterocycles. The number of fused-ring (bicyclic) bond motifs is 1. The molecule has 5 heteroatoms. The van der Waals surface area contributed by atoms with Gasteiger partial charge in [0.15, 0.2) is 0 Å². The van der Waals surface area contributed by atoms with Crippen molar-refractivity contribution in [2.24, 2.45) is 0 Å². The Morgan fingerprint density at radius 1 is 1.42 bits per heavy atom. The molecular weight excluding hydrogens is 304 g/mol. The third-order valence-corrected chi connectivity index (χ3v) is 3.89. The first kappa shape index (κ1) is 18.6. The number of anilines is 1. The molecule has 132 valence electrons. The fourth-order valence-electron chi connectivity index (χ4n) is 2.72. The van der Waals surface area contributed by atoms with Gasteiger partial charge in [0.1, 0.15) is 0 Å². The number of carbonyl (C=O) groups is 1. The van der Waals surface area contributed by atoms with Gasteiger partial charge >= 0.3 is 0 Å². The number of carbonyl (C=O) groups excluding carboxylic acids is 1. The van der Waals surface area contributed by atoms with Crippen molar-refractivity contribution in [3.05, 3.63) is 42.0 Å². The maximum Gasteiger partial charge on any atom is 0.250 e. The summed E-state index contributed by atoms with van der Waals surface area (Å²) >= 11 is 0. The van der Waals surface area contributed by atoms with Gasteiger partial charge in [-0.1, -0.05) is 31.2 Å². The molecular formula is C19H28N2O3. The highest BCUT2D eigenvalue weighted by Crippen LogP contribution is 2.27. The third kappa shape index (κ3) is 5.16. The highest BCUT2D eigenvalue weighted by Gasteiger charge is 2.23. The average Bonchev–Trinajstić information content (AvgIpc) is 2.93. The van der Waals surface area contributed by atoms with Crippen molar-refractivity contribution in [3.8, 4) is 0 Å². The maximum absolute atomic E-state index is 12.5. The highest BCUT2D eigenvalue weighted by atomic mass is 16.6. The Labute approximate surface area is 144 Å². The van der Waals surface area contributed by atoms with E-state index in [0.29, 0.717) is 6.54 Å². The molecule has 1 aliphatic rings. The molecule has 2 N–H and O–H groups in total. The van der Waals surface area contributed by atoms with Crippen LogP contribution in [0.5, 0.6) is 0 Å². The van der Waals surface area contributed by atoms with Crippen molar-refractivity contribution in [2.75, 3.05) is 11.4 Å². The van der Waals surface area contributed by atoms with E-state index in [-0.39, 0.29) is 11.9 Å². The van der Waals surface area contributed by atoms with Crippen LogP contribution in [0.4, 0.5) is 5.69 Å². The second-order valence-corrected chi connectivity index (χ2v) is 6.99. The summed E-state index contributed by atoms with van der Waals surface area (Å²) in [5, 5.41) is 12.9. The lowest BCUT2D eigenvalue weighted by Gasteiger charge is -2.26. The van der Waals surface area contributed by atoms with Gasteiger partial charge in [-0.05, 0) is 45.2 Å². The summed E-state index contributed by atoms with van der Waals surface area (Å²) < 4.78 is 5.44. The van der Waals surface area contributed by atoms with Gasteiger partial charge in [0.25, 0.3) is 5.91 Å². The summed E-state index contributed by atoms with van der Waals surface area (Å²) in [6.45, 7) is 8.33. The van der Waals surface area contributed by atoms with Gasteiger partial charge < -0.3 is 14.7 Å². The molecule has 0 aliphatic carbocycles. The molecule has 1 heterocycles. The first-order chi connectivity index (χ1) is 11.3. The molecule has 1 aromatic rings. The van der Waals surface area contributed by atoms with E-state index in [0.717, 1.165) is 18.5 Å². The normalized spacial score (nSPS) is 17.1. The number of rotatable bonds is 6. The van der Waals surface area contributed by atoms with Gasteiger partial charge in [-0.3, -0.25) is 10.1 Å². The Morgan fingerprint density at radius 3 is 2.79 bits per heavy atom.